The molecule has 0 radical (unpaired) electrons. The number of hydrogen-bond donors (Lipinski definition) is 0. The summed E-state index contributed by atoms with van der Waals surface area (Å²) in [4.78, 5) is 4.16. The highest BCUT2D eigenvalue weighted by atomic mass is 32.2. The Labute approximate surface area is 192 Å². The summed E-state index contributed by atoms with van der Waals surface area (Å²) in [6, 6.07) is 3.83. The Hall–Kier alpha value is -2.85. The van der Waals surface area contributed by atoms with E-state index in [1.54, 1.807) is 0 Å². The van der Waals surface area contributed by atoms with Crippen LogP contribution < -0.4 is 4.74 Å². The Bertz CT molecular complexity index is 1070. The zero-order valence-electron chi connectivity index (χ0n) is 17.3. The van der Waals surface area contributed by atoms with E-state index in [0.29, 0.717) is 0 Å². The summed E-state index contributed by atoms with van der Waals surface area (Å²) >= 11 is 0. The molecule has 0 saturated carbocycles. The summed E-state index contributed by atoms with van der Waals surface area (Å²) in [6.07, 6.45) is -8.59. The molecule has 35 heavy (non-hydrogen) atoms. The summed E-state index contributed by atoms with van der Waals surface area (Å²) < 4.78 is 143. The summed E-state index contributed by atoms with van der Waals surface area (Å²) in [6.45, 7) is -2.42. The Kier molecular flexibility index (Phi) is 8.44. The molecule has 0 aliphatic rings. The average Bonchev–Trinajstić information content (AvgIpc) is 3.22. The van der Waals surface area contributed by atoms with Crippen molar-refractivity contribution in [2.75, 3.05) is 19.0 Å². The van der Waals surface area contributed by atoms with Gasteiger partial charge in [-0.05, 0) is 17.7 Å². The molecule has 17 heteroatoms. The molecule has 0 fully saturated rings. The molecule has 0 N–H and O–H groups in total. The quantitative estimate of drug-likeness (QED) is 0.237. The van der Waals surface area contributed by atoms with Crippen LogP contribution in [0.3, 0.4) is 0 Å². The number of nitrogens with zero attached hydrogens (tertiary/aromatic N) is 3. The number of halogens is 10. The van der Waals surface area contributed by atoms with Gasteiger partial charge in [0.2, 0.25) is 6.61 Å². The predicted molar refractivity (Wildman–Crippen MR) is 102 cm³/mol. The molecule has 196 valence electrons. The van der Waals surface area contributed by atoms with Crippen molar-refractivity contribution < 1.29 is 57.7 Å². The smallest absolute Gasteiger partial charge is 0.460 e. The SMILES string of the molecule is CCS(=O)c1cc(C=NOCC(F)(F)F)ccc1-n1cc(OCC(F)(F)C(F)(F)C(F)(F)F)cn1. The molecule has 1 unspecified atom stereocenters. The first-order chi connectivity index (χ1) is 16.0. The number of alkyl halides is 10. The number of ether oxygens (including phenoxy) is 1. The lowest BCUT2D eigenvalue weighted by atomic mass is 10.2. The predicted octanol–water partition coefficient (Wildman–Crippen LogP) is 5.12. The summed E-state index contributed by atoms with van der Waals surface area (Å²) in [7, 11) is -1.69. The third-order valence-electron chi connectivity index (χ3n) is 4.04. The molecule has 1 aromatic carbocycles. The monoisotopic (exact) mass is 543 g/mol. The van der Waals surface area contributed by atoms with E-state index in [1.165, 1.54) is 25.1 Å². The maximum absolute atomic E-state index is 13.4. The summed E-state index contributed by atoms with van der Waals surface area (Å²) in [5.41, 5.74) is 0.242. The maximum atomic E-state index is 13.4. The second-order valence-corrected chi connectivity index (χ2v) is 8.38. The minimum absolute atomic E-state index is 0.0656. The van der Waals surface area contributed by atoms with Crippen LogP contribution in [0, 0.1) is 0 Å². The van der Waals surface area contributed by atoms with Crippen LogP contribution in [0.25, 0.3) is 5.69 Å². The first kappa shape index (κ1) is 28.4. The highest BCUT2D eigenvalue weighted by molar-refractivity contribution is 7.85. The molecule has 1 heterocycles. The van der Waals surface area contributed by atoms with Gasteiger partial charge in [0.25, 0.3) is 0 Å². The maximum Gasteiger partial charge on any atom is 0.460 e. The molecule has 2 rings (SSSR count). The van der Waals surface area contributed by atoms with Crippen LogP contribution in [0.5, 0.6) is 5.75 Å². The van der Waals surface area contributed by atoms with Gasteiger partial charge in [0, 0.05) is 5.75 Å². The number of rotatable bonds is 10. The molecule has 6 nitrogen and oxygen atoms in total. The fourth-order valence-corrected chi connectivity index (χ4v) is 3.30. The normalized spacial score (nSPS) is 14.4. The van der Waals surface area contributed by atoms with E-state index in [4.69, 9.17) is 0 Å². The number of hydrogen-bond acceptors (Lipinski definition) is 5. The van der Waals surface area contributed by atoms with Gasteiger partial charge in [-0.25, -0.2) is 4.68 Å². The molecule has 0 saturated heterocycles. The Balaban J connectivity index is 2.23. The lowest BCUT2D eigenvalue weighted by Gasteiger charge is -2.27. The van der Waals surface area contributed by atoms with Gasteiger partial charge in [0.1, 0.15) is 0 Å². The van der Waals surface area contributed by atoms with Crippen molar-refractivity contribution in [2.24, 2.45) is 5.16 Å². The molecular weight excluding hydrogens is 528 g/mol. The van der Waals surface area contributed by atoms with Gasteiger partial charge in [-0.15, -0.1) is 0 Å². The molecule has 0 spiro atoms. The molecule has 2 aromatic rings. The largest absolute Gasteiger partial charge is 0.484 e. The van der Waals surface area contributed by atoms with E-state index in [0.717, 1.165) is 23.3 Å². The summed E-state index contributed by atoms with van der Waals surface area (Å²) in [5, 5.41) is 6.87. The standard InChI is InChI=1S/C18H15F10N3O3S/c1-2-35(32)14-5-11(6-30-34-10-16(21,22)23)3-4-13(14)31-8-12(7-29-31)33-9-15(19,20)17(24,25)18(26,27)28/h3-8H,2,9-10H2,1H3. The lowest BCUT2D eigenvalue weighted by Crippen LogP contribution is -2.54. The van der Waals surface area contributed by atoms with Gasteiger partial charge in [-0.2, -0.15) is 49.0 Å². The van der Waals surface area contributed by atoms with Crippen molar-refractivity contribution in [3.05, 3.63) is 36.2 Å². The minimum atomic E-state index is -6.51. The van der Waals surface area contributed by atoms with Crippen LogP contribution in [0.4, 0.5) is 43.9 Å². The minimum Gasteiger partial charge on any atom is -0.484 e. The van der Waals surface area contributed by atoms with Crippen LogP contribution in [0.1, 0.15) is 12.5 Å². The number of oxime groups is 1. The zero-order valence-corrected chi connectivity index (χ0v) is 18.2. The topological polar surface area (TPSA) is 65.7 Å². The van der Waals surface area contributed by atoms with Crippen molar-refractivity contribution in [1.82, 2.24) is 9.78 Å². The van der Waals surface area contributed by atoms with Crippen molar-refractivity contribution in [2.45, 2.75) is 36.0 Å². The van der Waals surface area contributed by atoms with Gasteiger partial charge in [-0.3, -0.25) is 4.21 Å². The highest BCUT2D eigenvalue weighted by Gasteiger charge is 2.73. The molecule has 0 bridgehead atoms. The van der Waals surface area contributed by atoms with Crippen LogP contribution in [0.15, 0.2) is 40.6 Å². The van der Waals surface area contributed by atoms with Crippen molar-refractivity contribution in [3.8, 4) is 11.4 Å². The Morgan fingerprint density at radius 2 is 1.71 bits per heavy atom. The first-order valence-electron chi connectivity index (χ1n) is 9.23. The molecule has 0 aliphatic heterocycles. The number of benzene rings is 1. The Morgan fingerprint density at radius 3 is 2.29 bits per heavy atom. The van der Waals surface area contributed by atoms with E-state index >= 15 is 0 Å². The van der Waals surface area contributed by atoms with Crippen LogP contribution in [0.2, 0.25) is 0 Å². The molecule has 0 amide bonds. The molecule has 1 aromatic heterocycles. The van der Waals surface area contributed by atoms with E-state index < -0.39 is 54.0 Å². The van der Waals surface area contributed by atoms with Crippen LogP contribution >= 0.6 is 0 Å². The van der Waals surface area contributed by atoms with E-state index in [-0.39, 0.29) is 21.9 Å². The van der Waals surface area contributed by atoms with Gasteiger partial charge in [0.05, 0.1) is 40.0 Å². The fraction of sp³-hybridized carbons (Fsp3) is 0.444. The second kappa shape index (κ2) is 10.4. The lowest BCUT2D eigenvalue weighted by molar-refractivity contribution is -0.358. The fourth-order valence-electron chi connectivity index (χ4n) is 2.33. The molecule has 0 aliphatic carbocycles. The van der Waals surface area contributed by atoms with Crippen molar-refractivity contribution in [1.29, 1.82) is 0 Å². The van der Waals surface area contributed by atoms with Crippen LogP contribution in [-0.4, -0.2) is 63.4 Å². The van der Waals surface area contributed by atoms with Gasteiger partial charge >= 0.3 is 24.2 Å². The third kappa shape index (κ3) is 7.08. The van der Waals surface area contributed by atoms with Gasteiger partial charge in [-0.1, -0.05) is 18.1 Å². The van der Waals surface area contributed by atoms with Gasteiger partial charge in [0.15, 0.2) is 12.4 Å². The molecule has 1 atom stereocenters. The van der Waals surface area contributed by atoms with E-state index in [2.05, 4.69) is 19.8 Å². The van der Waals surface area contributed by atoms with Gasteiger partial charge < -0.3 is 9.57 Å². The van der Waals surface area contributed by atoms with E-state index in [1.807, 2.05) is 0 Å². The second-order valence-electron chi connectivity index (χ2n) is 6.67. The molecular formula is C18H15F10N3O3S. The highest BCUT2D eigenvalue weighted by Crippen LogP contribution is 2.46. The number of aromatic nitrogens is 2. The Morgan fingerprint density at radius 1 is 1.06 bits per heavy atom. The third-order valence-corrected chi connectivity index (χ3v) is 5.38. The van der Waals surface area contributed by atoms with Crippen molar-refractivity contribution in [3.63, 3.8) is 0 Å². The zero-order chi connectivity index (χ0) is 26.7. The first-order valence-corrected chi connectivity index (χ1v) is 10.5. The van der Waals surface area contributed by atoms with Crippen LogP contribution in [-0.2, 0) is 15.6 Å². The van der Waals surface area contributed by atoms with E-state index in [9.17, 15) is 48.1 Å². The van der Waals surface area contributed by atoms with Crippen molar-refractivity contribution >= 4 is 17.0 Å². The summed E-state index contributed by atoms with van der Waals surface area (Å²) in [5.74, 6) is -12.5. The average molecular weight is 543 g/mol.